The van der Waals surface area contributed by atoms with Crippen molar-refractivity contribution in [3.05, 3.63) is 40.4 Å². The predicted octanol–water partition coefficient (Wildman–Crippen LogP) is 3.16. The number of nitrogens with zero attached hydrogens (tertiary/aromatic N) is 2. The molecule has 1 heterocycles. The number of nitrogens with one attached hydrogen (secondary N) is 1. The number of halogens is 1. The van der Waals surface area contributed by atoms with Crippen LogP contribution >= 0.6 is 34.7 Å². The fraction of sp³-hybridized carbons (Fsp3) is 0.250. The smallest absolute Gasteiger partial charge is 0.230 e. The Morgan fingerprint density at radius 3 is 3.11 bits per heavy atom. The maximum absolute atomic E-state index is 11.8. The van der Waals surface area contributed by atoms with Gasteiger partial charge in [0.15, 0.2) is 4.34 Å². The molecule has 0 bridgehead atoms. The van der Waals surface area contributed by atoms with Gasteiger partial charge in [-0.15, -0.1) is 10.2 Å². The predicted molar refractivity (Wildman–Crippen MR) is 78.6 cm³/mol. The average Bonchev–Trinajstić information content (AvgIpc) is 2.89. The molecule has 0 saturated heterocycles. The number of carbonyl (C=O) groups is 1. The van der Waals surface area contributed by atoms with Crippen molar-refractivity contribution >= 4 is 40.6 Å². The first kappa shape index (κ1) is 14.3. The molecule has 0 unspecified atom stereocenters. The molecule has 2 rings (SSSR count). The Bertz CT molecular complexity index is 548. The molecule has 0 spiro atoms. The number of rotatable bonds is 5. The summed E-state index contributed by atoms with van der Waals surface area (Å²) in [5.74, 6) is 0.299. The van der Waals surface area contributed by atoms with Crippen molar-refractivity contribution in [1.29, 1.82) is 0 Å². The molecule has 1 aromatic carbocycles. The summed E-state index contributed by atoms with van der Waals surface area (Å²) in [6.07, 6.45) is 0. The molecule has 0 saturated carbocycles. The molecule has 7 heteroatoms. The summed E-state index contributed by atoms with van der Waals surface area (Å²) >= 11 is 8.73. The molecule has 0 aliphatic heterocycles. The van der Waals surface area contributed by atoms with E-state index in [1.165, 1.54) is 23.1 Å². The Morgan fingerprint density at radius 2 is 2.42 bits per heavy atom. The lowest BCUT2D eigenvalue weighted by atomic mass is 10.1. The number of hydrogen-bond acceptors (Lipinski definition) is 5. The van der Waals surface area contributed by atoms with Crippen LogP contribution in [-0.4, -0.2) is 21.9 Å². The van der Waals surface area contributed by atoms with Crippen LogP contribution in [0.15, 0.2) is 34.1 Å². The maximum Gasteiger partial charge on any atom is 0.230 e. The number of carbonyl (C=O) groups excluding carboxylic acids is 1. The molecule has 0 fully saturated rings. The van der Waals surface area contributed by atoms with Crippen molar-refractivity contribution in [2.75, 3.05) is 5.75 Å². The minimum Gasteiger partial charge on any atom is -0.349 e. The zero-order valence-corrected chi connectivity index (χ0v) is 12.6. The summed E-state index contributed by atoms with van der Waals surface area (Å²) in [7, 11) is 0. The van der Waals surface area contributed by atoms with Crippen molar-refractivity contribution in [3.63, 3.8) is 0 Å². The Hall–Kier alpha value is -1.11. The van der Waals surface area contributed by atoms with E-state index in [4.69, 9.17) is 11.6 Å². The number of benzene rings is 1. The van der Waals surface area contributed by atoms with E-state index >= 15 is 0 Å². The monoisotopic (exact) mass is 313 g/mol. The number of hydrogen-bond donors (Lipinski definition) is 1. The van der Waals surface area contributed by atoms with Crippen molar-refractivity contribution in [1.82, 2.24) is 15.5 Å². The summed E-state index contributed by atoms with van der Waals surface area (Å²) in [5.41, 5.74) is 2.64. The standard InChI is InChI=1S/C12H12ClN3OS2/c1-8(9-3-2-4-10(13)5-9)15-11(17)6-18-12-16-14-7-19-12/h2-5,7-8H,6H2,1H3,(H,15,17)/t8-/m0/s1. The Balaban J connectivity index is 1.84. The zero-order valence-electron chi connectivity index (χ0n) is 10.2. The van der Waals surface area contributed by atoms with Gasteiger partial charge in [0.25, 0.3) is 0 Å². The van der Waals surface area contributed by atoms with Gasteiger partial charge in [0.1, 0.15) is 5.51 Å². The van der Waals surface area contributed by atoms with Gasteiger partial charge in [-0.2, -0.15) is 0 Å². The number of aromatic nitrogens is 2. The molecule has 4 nitrogen and oxygen atoms in total. The summed E-state index contributed by atoms with van der Waals surface area (Å²) < 4.78 is 0.797. The third kappa shape index (κ3) is 4.49. The van der Waals surface area contributed by atoms with Gasteiger partial charge < -0.3 is 5.32 Å². The van der Waals surface area contributed by atoms with E-state index in [1.54, 1.807) is 5.51 Å². The lowest BCUT2D eigenvalue weighted by molar-refractivity contribution is -0.119. The third-order valence-electron chi connectivity index (χ3n) is 2.39. The molecule has 2 aromatic rings. The molecule has 1 N–H and O–H groups in total. The first-order chi connectivity index (χ1) is 9.15. The summed E-state index contributed by atoms with van der Waals surface area (Å²) in [6.45, 7) is 1.93. The Kier molecular flexibility index (Phi) is 5.18. The van der Waals surface area contributed by atoms with Crippen LogP contribution in [0.2, 0.25) is 5.02 Å². The van der Waals surface area contributed by atoms with Crippen molar-refractivity contribution in [3.8, 4) is 0 Å². The Morgan fingerprint density at radius 1 is 1.58 bits per heavy atom. The summed E-state index contributed by atoms with van der Waals surface area (Å²) in [6, 6.07) is 7.40. The number of thioether (sulfide) groups is 1. The first-order valence-electron chi connectivity index (χ1n) is 5.59. The fourth-order valence-electron chi connectivity index (χ4n) is 1.50. The van der Waals surface area contributed by atoms with Gasteiger partial charge in [-0.05, 0) is 24.6 Å². The van der Waals surface area contributed by atoms with Crippen LogP contribution in [0.1, 0.15) is 18.5 Å². The highest BCUT2D eigenvalue weighted by atomic mass is 35.5. The lowest BCUT2D eigenvalue weighted by Gasteiger charge is -2.14. The molecule has 1 amide bonds. The van der Waals surface area contributed by atoms with Crippen LogP contribution in [0.25, 0.3) is 0 Å². The van der Waals surface area contributed by atoms with E-state index in [1.807, 2.05) is 31.2 Å². The van der Waals surface area contributed by atoms with E-state index in [2.05, 4.69) is 15.5 Å². The van der Waals surface area contributed by atoms with E-state index in [-0.39, 0.29) is 11.9 Å². The van der Waals surface area contributed by atoms with Crippen LogP contribution in [0.5, 0.6) is 0 Å². The van der Waals surface area contributed by atoms with Crippen LogP contribution in [0, 0.1) is 0 Å². The van der Waals surface area contributed by atoms with E-state index in [9.17, 15) is 4.79 Å². The summed E-state index contributed by atoms with van der Waals surface area (Å²) in [4.78, 5) is 11.8. The highest BCUT2D eigenvalue weighted by molar-refractivity contribution is 8.01. The van der Waals surface area contributed by atoms with Crippen LogP contribution < -0.4 is 5.32 Å². The molecule has 1 aromatic heterocycles. The Labute approximate surface area is 124 Å². The molecule has 0 radical (unpaired) electrons. The normalized spacial score (nSPS) is 12.1. The molecule has 0 aliphatic rings. The van der Waals surface area contributed by atoms with Gasteiger partial charge in [0.2, 0.25) is 5.91 Å². The van der Waals surface area contributed by atoms with Gasteiger partial charge in [-0.25, -0.2) is 0 Å². The van der Waals surface area contributed by atoms with Gasteiger partial charge in [0, 0.05) is 5.02 Å². The van der Waals surface area contributed by atoms with E-state index in [0.29, 0.717) is 10.8 Å². The average molecular weight is 314 g/mol. The van der Waals surface area contributed by atoms with Gasteiger partial charge >= 0.3 is 0 Å². The van der Waals surface area contributed by atoms with Gasteiger partial charge in [-0.3, -0.25) is 4.79 Å². The molecular formula is C12H12ClN3OS2. The maximum atomic E-state index is 11.8. The fourth-order valence-corrected chi connectivity index (χ4v) is 2.99. The van der Waals surface area contributed by atoms with Crippen LogP contribution in [0.4, 0.5) is 0 Å². The minimum atomic E-state index is -0.0683. The highest BCUT2D eigenvalue weighted by Gasteiger charge is 2.11. The van der Waals surface area contributed by atoms with Crippen molar-refractivity contribution in [2.45, 2.75) is 17.3 Å². The zero-order chi connectivity index (χ0) is 13.7. The molecular weight excluding hydrogens is 302 g/mol. The van der Waals surface area contributed by atoms with Crippen LogP contribution in [-0.2, 0) is 4.79 Å². The second-order valence-electron chi connectivity index (χ2n) is 3.84. The van der Waals surface area contributed by atoms with Crippen molar-refractivity contribution < 1.29 is 4.79 Å². The number of amides is 1. The van der Waals surface area contributed by atoms with Gasteiger partial charge in [-0.1, -0.05) is 46.8 Å². The second kappa shape index (κ2) is 6.88. The van der Waals surface area contributed by atoms with E-state index in [0.717, 1.165) is 9.90 Å². The van der Waals surface area contributed by atoms with Gasteiger partial charge in [0.05, 0.1) is 11.8 Å². The molecule has 100 valence electrons. The second-order valence-corrected chi connectivity index (χ2v) is 6.33. The third-order valence-corrected chi connectivity index (χ3v) is 4.49. The largest absolute Gasteiger partial charge is 0.349 e. The minimum absolute atomic E-state index is 0.0346. The summed E-state index contributed by atoms with van der Waals surface area (Å²) in [5, 5.41) is 11.2. The van der Waals surface area contributed by atoms with Crippen molar-refractivity contribution in [2.24, 2.45) is 0 Å². The molecule has 0 aliphatic carbocycles. The highest BCUT2D eigenvalue weighted by Crippen LogP contribution is 2.20. The first-order valence-corrected chi connectivity index (χ1v) is 7.83. The van der Waals surface area contributed by atoms with Crippen LogP contribution in [0.3, 0.4) is 0 Å². The van der Waals surface area contributed by atoms with E-state index < -0.39 is 0 Å². The molecule has 1 atom stereocenters. The quantitative estimate of drug-likeness (QED) is 0.862. The topological polar surface area (TPSA) is 54.9 Å². The lowest BCUT2D eigenvalue weighted by Crippen LogP contribution is -2.28. The SMILES string of the molecule is C[C@H](NC(=O)CSc1nncs1)c1cccc(Cl)c1. The molecule has 19 heavy (non-hydrogen) atoms.